The first-order chi connectivity index (χ1) is 4.96. The van der Waals surface area contributed by atoms with Gasteiger partial charge in [0.05, 0.1) is 6.26 Å². The predicted octanol–water partition coefficient (Wildman–Crippen LogP) is -0.615. The van der Waals surface area contributed by atoms with E-state index in [0.29, 0.717) is 10.4 Å². The average molecular weight is 227 g/mol. The third kappa shape index (κ3) is 3.36. The summed E-state index contributed by atoms with van der Waals surface area (Å²) in [5.74, 6) is 0. The molecule has 12 heavy (non-hydrogen) atoms. The Hall–Kier alpha value is -0.350. The molecule has 5 nitrogen and oxygen atoms in total. The second-order valence-electron chi connectivity index (χ2n) is 1.80. The molecule has 0 heterocycles. The molecular weight excluding hydrogens is 223 g/mol. The molecule has 0 saturated carbocycles. The number of hydrogen-bond donors (Lipinski definition) is 1. The molecule has 0 bridgehead atoms. The van der Waals surface area contributed by atoms with Crippen molar-refractivity contribution in [3.8, 4) is 0 Å². The summed E-state index contributed by atoms with van der Waals surface area (Å²) < 4.78 is 75.1. The minimum Gasteiger partial charge on any atom is -0.212 e. The van der Waals surface area contributed by atoms with Crippen LogP contribution in [0.15, 0.2) is 0 Å². The van der Waals surface area contributed by atoms with Crippen LogP contribution in [-0.2, 0) is 20.0 Å². The van der Waals surface area contributed by atoms with Crippen LogP contribution in [0.2, 0.25) is 0 Å². The molecule has 0 saturated heterocycles. The van der Waals surface area contributed by atoms with E-state index in [0.717, 1.165) is 0 Å². The van der Waals surface area contributed by atoms with Gasteiger partial charge in [-0.3, -0.25) is 0 Å². The summed E-state index contributed by atoms with van der Waals surface area (Å²) >= 11 is 0. The van der Waals surface area contributed by atoms with Gasteiger partial charge in [0.15, 0.2) is 0 Å². The molecule has 0 radical (unpaired) electrons. The fourth-order valence-electron chi connectivity index (χ4n) is 0.247. The van der Waals surface area contributed by atoms with Crippen LogP contribution in [0.5, 0.6) is 0 Å². The molecule has 0 aromatic heterocycles. The summed E-state index contributed by atoms with van der Waals surface area (Å²) in [6.45, 7) is 0. The van der Waals surface area contributed by atoms with Gasteiger partial charge in [-0.15, -0.1) is 4.13 Å². The van der Waals surface area contributed by atoms with E-state index in [4.69, 9.17) is 0 Å². The molecular formula is C2H4F3NO4S2. The van der Waals surface area contributed by atoms with E-state index in [1.807, 2.05) is 0 Å². The summed E-state index contributed by atoms with van der Waals surface area (Å²) in [6.07, 6.45) is 0.302. The standard InChI is InChI=1S/C2H4F3NO4S2/c1-11(7,8)6-12(9,10)2(3,4)5/h6H,1H3. The first kappa shape index (κ1) is 11.6. The molecule has 0 unspecified atom stereocenters. The Bertz CT molecular complexity index is 350. The van der Waals surface area contributed by atoms with Crippen LogP contribution < -0.4 is 4.13 Å². The van der Waals surface area contributed by atoms with Crippen molar-refractivity contribution in [3.63, 3.8) is 0 Å². The van der Waals surface area contributed by atoms with E-state index in [-0.39, 0.29) is 0 Å². The average Bonchev–Trinajstić information content (AvgIpc) is 1.52. The van der Waals surface area contributed by atoms with Crippen molar-refractivity contribution in [2.45, 2.75) is 5.51 Å². The Labute approximate surface area is 66.7 Å². The molecule has 0 spiro atoms. The second kappa shape index (κ2) is 2.85. The van der Waals surface area contributed by atoms with Crippen molar-refractivity contribution in [3.05, 3.63) is 0 Å². The van der Waals surface area contributed by atoms with Crippen LogP contribution in [0.4, 0.5) is 13.2 Å². The minimum absolute atomic E-state index is 0.302. The van der Waals surface area contributed by atoms with E-state index in [9.17, 15) is 30.0 Å². The highest BCUT2D eigenvalue weighted by atomic mass is 32.3. The molecule has 0 amide bonds. The van der Waals surface area contributed by atoms with Gasteiger partial charge in [0, 0.05) is 0 Å². The Morgan fingerprint density at radius 1 is 1.08 bits per heavy atom. The summed E-state index contributed by atoms with van der Waals surface area (Å²) in [7, 11) is -10.2. The van der Waals surface area contributed by atoms with Crippen LogP contribution >= 0.6 is 0 Å². The summed E-state index contributed by atoms with van der Waals surface area (Å²) in [5, 5.41) is 0. The molecule has 0 rings (SSSR count). The zero-order chi connectivity index (χ0) is 10.2. The van der Waals surface area contributed by atoms with Crippen molar-refractivity contribution in [2.24, 2.45) is 0 Å². The Morgan fingerprint density at radius 2 is 1.42 bits per heavy atom. The molecule has 0 aliphatic carbocycles. The summed E-state index contributed by atoms with van der Waals surface area (Å²) in [5.41, 5.74) is -5.62. The smallest absolute Gasteiger partial charge is 0.212 e. The minimum atomic E-state index is -5.79. The zero-order valence-electron chi connectivity index (χ0n) is 5.58. The maximum absolute atomic E-state index is 11.4. The quantitative estimate of drug-likeness (QED) is 0.682. The molecule has 74 valence electrons. The highest BCUT2D eigenvalue weighted by Crippen LogP contribution is 2.21. The molecule has 0 aliphatic rings. The van der Waals surface area contributed by atoms with Crippen molar-refractivity contribution < 1.29 is 30.0 Å². The topological polar surface area (TPSA) is 80.3 Å². The largest absolute Gasteiger partial charge is 0.512 e. The maximum Gasteiger partial charge on any atom is 0.512 e. The van der Waals surface area contributed by atoms with E-state index < -0.39 is 25.6 Å². The number of rotatable bonds is 2. The van der Waals surface area contributed by atoms with E-state index in [1.165, 1.54) is 0 Å². The molecule has 0 aromatic rings. The first-order valence-corrected chi connectivity index (χ1v) is 5.63. The van der Waals surface area contributed by atoms with Gasteiger partial charge in [-0.05, 0) is 0 Å². The Balaban J connectivity index is 4.96. The van der Waals surface area contributed by atoms with E-state index in [2.05, 4.69) is 0 Å². The van der Waals surface area contributed by atoms with E-state index in [1.54, 1.807) is 0 Å². The lowest BCUT2D eigenvalue weighted by Crippen LogP contribution is -2.39. The molecule has 0 atom stereocenters. The molecule has 0 aliphatic heterocycles. The second-order valence-corrected chi connectivity index (χ2v) is 5.49. The zero-order valence-corrected chi connectivity index (χ0v) is 7.22. The SMILES string of the molecule is CS(=O)(=O)NS(=O)(=O)C(F)(F)F. The van der Waals surface area contributed by atoms with Crippen LogP contribution in [0, 0.1) is 0 Å². The van der Waals surface area contributed by atoms with Gasteiger partial charge in [0.2, 0.25) is 10.0 Å². The van der Waals surface area contributed by atoms with Crippen molar-refractivity contribution in [2.75, 3.05) is 6.26 Å². The normalized spacial score (nSPS) is 14.7. The van der Waals surface area contributed by atoms with Gasteiger partial charge in [-0.1, -0.05) is 0 Å². The third-order valence-corrected chi connectivity index (χ3v) is 3.26. The van der Waals surface area contributed by atoms with Gasteiger partial charge >= 0.3 is 15.5 Å². The number of halogens is 3. The first-order valence-electron chi connectivity index (χ1n) is 2.25. The number of hydrogen-bond acceptors (Lipinski definition) is 4. The van der Waals surface area contributed by atoms with Gasteiger partial charge < -0.3 is 0 Å². The number of sulfonamides is 2. The molecule has 10 heteroatoms. The molecule has 0 aromatic carbocycles. The molecule has 0 fully saturated rings. The van der Waals surface area contributed by atoms with Gasteiger partial charge in [0.1, 0.15) is 0 Å². The lowest BCUT2D eigenvalue weighted by atomic mass is 11.6. The molecule has 1 N–H and O–H groups in total. The van der Waals surface area contributed by atoms with Crippen LogP contribution in [0.25, 0.3) is 0 Å². The van der Waals surface area contributed by atoms with Crippen LogP contribution in [0.3, 0.4) is 0 Å². The number of nitrogens with one attached hydrogen (secondary N) is 1. The van der Waals surface area contributed by atoms with Crippen LogP contribution in [0.1, 0.15) is 0 Å². The third-order valence-electron chi connectivity index (χ3n) is 0.566. The Morgan fingerprint density at radius 3 is 1.50 bits per heavy atom. The highest BCUT2D eigenvalue weighted by Gasteiger charge is 2.47. The van der Waals surface area contributed by atoms with Crippen LogP contribution in [-0.4, -0.2) is 28.6 Å². The van der Waals surface area contributed by atoms with Crippen molar-refractivity contribution in [1.29, 1.82) is 0 Å². The highest BCUT2D eigenvalue weighted by molar-refractivity contribution is 8.04. The lowest BCUT2D eigenvalue weighted by Gasteiger charge is -2.06. The maximum atomic E-state index is 11.4. The van der Waals surface area contributed by atoms with Gasteiger partial charge in [0.25, 0.3) is 0 Å². The predicted molar refractivity (Wildman–Crippen MR) is 33.0 cm³/mol. The van der Waals surface area contributed by atoms with Gasteiger partial charge in [-0.2, -0.15) is 13.2 Å². The Kier molecular flexibility index (Phi) is 2.77. The fourth-order valence-corrected chi connectivity index (χ4v) is 2.22. The summed E-state index contributed by atoms with van der Waals surface area (Å²) in [6, 6.07) is 0. The van der Waals surface area contributed by atoms with Crippen molar-refractivity contribution in [1.82, 2.24) is 4.13 Å². The van der Waals surface area contributed by atoms with Crippen molar-refractivity contribution >= 4 is 20.0 Å². The monoisotopic (exact) mass is 227 g/mol. The summed E-state index contributed by atoms with van der Waals surface area (Å²) in [4.78, 5) is 0. The van der Waals surface area contributed by atoms with E-state index >= 15 is 0 Å². The van der Waals surface area contributed by atoms with Gasteiger partial charge in [-0.25, -0.2) is 16.8 Å². The number of alkyl halides is 3. The fraction of sp³-hybridized carbons (Fsp3) is 1.00. The lowest BCUT2D eigenvalue weighted by molar-refractivity contribution is -0.0441.